The van der Waals surface area contributed by atoms with Gasteiger partial charge in [0.2, 0.25) is 5.91 Å². The van der Waals surface area contributed by atoms with E-state index in [0.29, 0.717) is 18.9 Å². The number of anilines is 1. The second-order valence-electron chi connectivity index (χ2n) is 5.39. The minimum Gasteiger partial charge on any atom is -0.384 e. The molecule has 0 aromatic heterocycles. The summed E-state index contributed by atoms with van der Waals surface area (Å²) in [5.74, 6) is 0.556. The first-order valence-electron chi connectivity index (χ1n) is 6.96. The molecule has 1 amide bonds. The summed E-state index contributed by atoms with van der Waals surface area (Å²) < 4.78 is 5.48. The van der Waals surface area contributed by atoms with Crippen LogP contribution in [0.4, 0.5) is 5.69 Å². The molecule has 0 radical (unpaired) electrons. The van der Waals surface area contributed by atoms with Crippen molar-refractivity contribution in [2.45, 2.75) is 25.4 Å². The number of amides is 1. The Balaban J connectivity index is 1.64. The second kappa shape index (κ2) is 5.21. The zero-order valence-corrected chi connectivity index (χ0v) is 11.3. The van der Waals surface area contributed by atoms with Crippen molar-refractivity contribution in [2.75, 3.05) is 31.6 Å². The van der Waals surface area contributed by atoms with Crippen molar-refractivity contribution in [1.29, 1.82) is 0 Å². The second-order valence-corrected chi connectivity index (χ2v) is 5.39. The van der Waals surface area contributed by atoms with E-state index >= 15 is 0 Å². The number of nitrogens with one attached hydrogen (secondary N) is 1. The first-order chi connectivity index (χ1) is 9.24. The maximum Gasteiger partial charge on any atom is 0.223 e. The van der Waals surface area contributed by atoms with Gasteiger partial charge in [-0.25, -0.2) is 0 Å². The van der Waals surface area contributed by atoms with Crippen LogP contribution in [0.15, 0.2) is 24.3 Å². The third-order valence-corrected chi connectivity index (χ3v) is 3.95. The van der Waals surface area contributed by atoms with Crippen LogP contribution < -0.4 is 5.32 Å². The van der Waals surface area contributed by atoms with Crippen molar-refractivity contribution in [2.24, 2.45) is 0 Å². The highest BCUT2D eigenvalue weighted by atomic mass is 16.5. The van der Waals surface area contributed by atoms with Gasteiger partial charge in [-0.1, -0.05) is 18.2 Å². The zero-order valence-electron chi connectivity index (χ0n) is 11.3. The summed E-state index contributed by atoms with van der Waals surface area (Å²) in [6.07, 6.45) is 0.753. The molecule has 2 unspecified atom stereocenters. The molecule has 1 N–H and O–H groups in total. The number of para-hydroxylation sites is 1. The zero-order chi connectivity index (χ0) is 13.2. The number of rotatable bonds is 2. The summed E-state index contributed by atoms with van der Waals surface area (Å²) in [5, 5.41) is 3.37. The molecular formula is C15H20N2O2. The van der Waals surface area contributed by atoms with Gasteiger partial charge in [-0.3, -0.25) is 4.79 Å². The van der Waals surface area contributed by atoms with Crippen molar-refractivity contribution in [3.63, 3.8) is 0 Å². The highest BCUT2D eigenvalue weighted by Crippen LogP contribution is 2.33. The Hall–Kier alpha value is -1.55. The average Bonchev–Trinajstić information content (AvgIpc) is 2.82. The highest BCUT2D eigenvalue weighted by Gasteiger charge is 2.28. The first kappa shape index (κ1) is 12.5. The molecule has 2 heterocycles. The summed E-state index contributed by atoms with van der Waals surface area (Å²) in [6.45, 7) is 4.99. The summed E-state index contributed by atoms with van der Waals surface area (Å²) in [6, 6.07) is 8.27. The number of hydrogen-bond acceptors (Lipinski definition) is 3. The van der Waals surface area contributed by atoms with E-state index < -0.39 is 0 Å². The molecular weight excluding hydrogens is 240 g/mol. The summed E-state index contributed by atoms with van der Waals surface area (Å²) in [4.78, 5) is 14.3. The van der Waals surface area contributed by atoms with Gasteiger partial charge < -0.3 is 15.0 Å². The van der Waals surface area contributed by atoms with Crippen molar-refractivity contribution in [3.8, 4) is 0 Å². The SMILES string of the molecule is CC1CN(C(=O)CC2CNc3ccccc32)CCO1. The van der Waals surface area contributed by atoms with Crippen LogP contribution in [0.5, 0.6) is 0 Å². The van der Waals surface area contributed by atoms with Crippen molar-refractivity contribution in [3.05, 3.63) is 29.8 Å². The van der Waals surface area contributed by atoms with Crippen molar-refractivity contribution in [1.82, 2.24) is 4.90 Å². The van der Waals surface area contributed by atoms with Gasteiger partial charge in [-0.15, -0.1) is 0 Å². The topological polar surface area (TPSA) is 41.6 Å². The molecule has 1 saturated heterocycles. The number of carbonyl (C=O) groups is 1. The standard InChI is InChI=1S/C15H20N2O2/c1-11-10-17(6-7-19-11)15(18)8-12-9-16-14-5-3-2-4-13(12)14/h2-5,11-12,16H,6-10H2,1H3. The van der Waals surface area contributed by atoms with E-state index in [0.717, 1.165) is 19.6 Å². The van der Waals surface area contributed by atoms with Gasteiger partial charge in [0.15, 0.2) is 0 Å². The number of nitrogens with zero attached hydrogens (tertiary/aromatic N) is 1. The molecule has 0 spiro atoms. The summed E-state index contributed by atoms with van der Waals surface area (Å²) >= 11 is 0. The lowest BCUT2D eigenvalue weighted by molar-refractivity contribution is -0.138. The molecule has 3 rings (SSSR count). The van der Waals surface area contributed by atoms with Gasteiger partial charge >= 0.3 is 0 Å². The summed E-state index contributed by atoms with van der Waals surface area (Å²) in [5.41, 5.74) is 2.45. The van der Waals surface area contributed by atoms with Crippen LogP contribution in [0.3, 0.4) is 0 Å². The van der Waals surface area contributed by atoms with Crippen molar-refractivity contribution >= 4 is 11.6 Å². The lowest BCUT2D eigenvalue weighted by Crippen LogP contribution is -2.44. The highest BCUT2D eigenvalue weighted by molar-refractivity contribution is 5.78. The number of fused-ring (bicyclic) bond motifs is 1. The van der Waals surface area contributed by atoms with Gasteiger partial charge in [-0.2, -0.15) is 0 Å². The fourth-order valence-corrected chi connectivity index (χ4v) is 2.92. The quantitative estimate of drug-likeness (QED) is 0.882. The fourth-order valence-electron chi connectivity index (χ4n) is 2.92. The average molecular weight is 260 g/mol. The fraction of sp³-hybridized carbons (Fsp3) is 0.533. The predicted molar refractivity (Wildman–Crippen MR) is 74.3 cm³/mol. The van der Waals surface area contributed by atoms with Crippen LogP contribution in [0.25, 0.3) is 0 Å². The van der Waals surface area contributed by atoms with Crippen LogP contribution in [-0.2, 0) is 9.53 Å². The lowest BCUT2D eigenvalue weighted by atomic mass is 9.97. The van der Waals surface area contributed by atoms with Gasteiger partial charge in [0.05, 0.1) is 12.7 Å². The molecule has 2 aliphatic heterocycles. The number of carbonyl (C=O) groups excluding carboxylic acids is 1. The van der Waals surface area contributed by atoms with E-state index in [-0.39, 0.29) is 12.0 Å². The van der Waals surface area contributed by atoms with Crippen LogP contribution >= 0.6 is 0 Å². The smallest absolute Gasteiger partial charge is 0.223 e. The van der Waals surface area contributed by atoms with E-state index in [1.165, 1.54) is 11.3 Å². The third kappa shape index (κ3) is 2.59. The van der Waals surface area contributed by atoms with E-state index in [9.17, 15) is 4.79 Å². The molecule has 4 nitrogen and oxygen atoms in total. The van der Waals surface area contributed by atoms with Gasteiger partial charge in [0.1, 0.15) is 0 Å². The minimum absolute atomic E-state index is 0.159. The largest absolute Gasteiger partial charge is 0.384 e. The molecule has 19 heavy (non-hydrogen) atoms. The Morgan fingerprint density at radius 2 is 2.32 bits per heavy atom. The maximum absolute atomic E-state index is 12.4. The molecule has 0 aliphatic carbocycles. The van der Waals surface area contributed by atoms with Gasteiger partial charge in [0, 0.05) is 37.7 Å². The minimum atomic E-state index is 0.159. The van der Waals surface area contributed by atoms with Crippen LogP contribution in [0.2, 0.25) is 0 Å². The predicted octanol–water partition coefficient (Wildman–Crippen LogP) is 1.83. The monoisotopic (exact) mass is 260 g/mol. The Morgan fingerprint density at radius 3 is 3.16 bits per heavy atom. The Bertz CT molecular complexity index is 475. The van der Waals surface area contributed by atoms with E-state index in [1.54, 1.807) is 0 Å². The summed E-state index contributed by atoms with van der Waals surface area (Å²) in [7, 11) is 0. The third-order valence-electron chi connectivity index (χ3n) is 3.95. The van der Waals surface area contributed by atoms with E-state index in [1.807, 2.05) is 24.0 Å². The molecule has 1 aromatic carbocycles. The van der Waals surface area contributed by atoms with E-state index in [2.05, 4.69) is 17.4 Å². The number of ether oxygens (including phenoxy) is 1. The first-order valence-corrected chi connectivity index (χ1v) is 6.96. The normalized spacial score (nSPS) is 25.8. The molecule has 0 saturated carbocycles. The Kier molecular flexibility index (Phi) is 3.42. The Morgan fingerprint density at radius 1 is 1.47 bits per heavy atom. The molecule has 1 fully saturated rings. The van der Waals surface area contributed by atoms with E-state index in [4.69, 9.17) is 4.74 Å². The van der Waals surface area contributed by atoms with Crippen LogP contribution in [0, 0.1) is 0 Å². The molecule has 2 aliphatic rings. The van der Waals surface area contributed by atoms with Gasteiger partial charge in [-0.05, 0) is 18.6 Å². The maximum atomic E-state index is 12.4. The molecule has 0 bridgehead atoms. The van der Waals surface area contributed by atoms with Crippen LogP contribution in [0.1, 0.15) is 24.8 Å². The molecule has 1 aromatic rings. The molecule has 2 atom stereocenters. The van der Waals surface area contributed by atoms with Crippen LogP contribution in [-0.4, -0.2) is 43.2 Å². The van der Waals surface area contributed by atoms with Crippen molar-refractivity contribution < 1.29 is 9.53 Å². The Labute approximate surface area is 113 Å². The number of benzene rings is 1. The lowest BCUT2D eigenvalue weighted by Gasteiger charge is -2.31. The van der Waals surface area contributed by atoms with Gasteiger partial charge in [0.25, 0.3) is 0 Å². The number of hydrogen-bond donors (Lipinski definition) is 1. The molecule has 102 valence electrons. The number of morpholine rings is 1. The molecule has 4 heteroatoms.